The summed E-state index contributed by atoms with van der Waals surface area (Å²) in [5.41, 5.74) is 0.555. The molecule has 1 aromatic heterocycles. The lowest BCUT2D eigenvalue weighted by Crippen LogP contribution is -2.11. The van der Waals surface area contributed by atoms with Crippen molar-refractivity contribution in [1.82, 2.24) is 9.78 Å². The van der Waals surface area contributed by atoms with Crippen molar-refractivity contribution in [3.63, 3.8) is 0 Å². The Balaban J connectivity index is 2.49. The lowest BCUT2D eigenvalue weighted by Gasteiger charge is -2.04. The molecule has 1 heterocycles. The minimum atomic E-state index is -4.42. The van der Waals surface area contributed by atoms with Crippen molar-refractivity contribution < 1.29 is 18.3 Å². The number of hydrogen-bond acceptors (Lipinski definition) is 2. The molecule has 0 unspecified atom stereocenters. The number of hydrogen-bond donors (Lipinski definition) is 1. The van der Waals surface area contributed by atoms with Crippen LogP contribution in [0.15, 0.2) is 24.3 Å². The van der Waals surface area contributed by atoms with E-state index in [9.17, 15) is 18.3 Å². The quantitative estimate of drug-likeness (QED) is 0.851. The summed E-state index contributed by atoms with van der Waals surface area (Å²) >= 11 is 0. The molecule has 18 heavy (non-hydrogen) atoms. The van der Waals surface area contributed by atoms with Crippen molar-refractivity contribution in [1.29, 1.82) is 0 Å². The first kappa shape index (κ1) is 12.5. The molecule has 2 aromatic rings. The largest absolute Gasteiger partial charge is 0.508 e. The van der Waals surface area contributed by atoms with Gasteiger partial charge in [-0.25, -0.2) is 0 Å². The molecule has 3 nitrogen and oxygen atoms in total. The van der Waals surface area contributed by atoms with Gasteiger partial charge in [-0.1, -0.05) is 0 Å². The Bertz CT molecular complexity index is 587. The van der Waals surface area contributed by atoms with Gasteiger partial charge in [0.1, 0.15) is 11.4 Å². The van der Waals surface area contributed by atoms with E-state index in [2.05, 4.69) is 5.10 Å². The number of aromatic hydroxyl groups is 1. The van der Waals surface area contributed by atoms with Gasteiger partial charge in [0.2, 0.25) is 0 Å². The number of phenols is 1. The third-order valence-electron chi connectivity index (χ3n) is 2.66. The number of phenolic OH excluding ortho intramolecular Hbond substituents is 1. The van der Waals surface area contributed by atoms with Crippen LogP contribution in [0.1, 0.15) is 11.3 Å². The zero-order chi connectivity index (χ0) is 13.5. The van der Waals surface area contributed by atoms with Gasteiger partial charge in [0, 0.05) is 12.6 Å². The summed E-state index contributed by atoms with van der Waals surface area (Å²) in [6.07, 6.45) is -4.42. The van der Waals surface area contributed by atoms with Crippen LogP contribution >= 0.6 is 0 Å². The molecule has 1 aromatic carbocycles. The molecule has 0 saturated carbocycles. The Hall–Kier alpha value is -1.98. The molecule has 0 atom stereocenters. The lowest BCUT2D eigenvalue weighted by atomic mass is 10.1. The van der Waals surface area contributed by atoms with E-state index in [1.54, 1.807) is 13.0 Å². The molecule has 0 radical (unpaired) electrons. The van der Waals surface area contributed by atoms with Gasteiger partial charge in [-0.05, 0) is 36.8 Å². The van der Waals surface area contributed by atoms with E-state index in [-0.39, 0.29) is 11.4 Å². The van der Waals surface area contributed by atoms with E-state index in [0.717, 1.165) is 10.7 Å². The number of alkyl halides is 3. The Labute approximate surface area is 101 Å². The summed E-state index contributed by atoms with van der Waals surface area (Å²) in [6, 6.07) is 5.56. The predicted molar refractivity (Wildman–Crippen MR) is 60.0 cm³/mol. The van der Waals surface area contributed by atoms with E-state index >= 15 is 0 Å². The van der Waals surface area contributed by atoms with E-state index in [0.29, 0.717) is 11.1 Å². The number of halogens is 3. The number of aromatic nitrogens is 2. The maximum atomic E-state index is 12.6. The second kappa shape index (κ2) is 4.04. The first-order chi connectivity index (χ1) is 8.29. The van der Waals surface area contributed by atoms with Crippen molar-refractivity contribution in [3.05, 3.63) is 35.5 Å². The van der Waals surface area contributed by atoms with Gasteiger partial charge in [0.25, 0.3) is 0 Å². The molecular weight excluding hydrogens is 245 g/mol. The monoisotopic (exact) mass is 256 g/mol. The molecule has 0 spiro atoms. The highest BCUT2D eigenvalue weighted by Gasteiger charge is 2.35. The van der Waals surface area contributed by atoms with Crippen molar-refractivity contribution in [2.24, 2.45) is 7.05 Å². The number of aryl methyl sites for hydroxylation is 2. The summed E-state index contributed by atoms with van der Waals surface area (Å²) in [4.78, 5) is 0. The number of rotatable bonds is 1. The topological polar surface area (TPSA) is 38.0 Å². The van der Waals surface area contributed by atoms with Crippen LogP contribution in [0.2, 0.25) is 0 Å². The Morgan fingerprint density at radius 3 is 2.39 bits per heavy atom. The molecule has 0 fully saturated rings. The Morgan fingerprint density at radius 2 is 1.89 bits per heavy atom. The zero-order valence-electron chi connectivity index (χ0n) is 9.78. The van der Waals surface area contributed by atoms with Gasteiger partial charge < -0.3 is 5.11 Å². The summed E-state index contributed by atoms with van der Waals surface area (Å²) in [5.74, 6) is 0.103. The second-order valence-electron chi connectivity index (χ2n) is 4.04. The molecule has 0 aliphatic rings. The van der Waals surface area contributed by atoms with E-state index in [1.807, 2.05) is 0 Å². The molecule has 96 valence electrons. The fourth-order valence-electron chi connectivity index (χ4n) is 1.69. The molecule has 2 rings (SSSR count). The normalized spacial score (nSPS) is 11.8. The third-order valence-corrected chi connectivity index (χ3v) is 2.66. The van der Waals surface area contributed by atoms with Gasteiger partial charge in [-0.2, -0.15) is 18.3 Å². The van der Waals surface area contributed by atoms with Gasteiger partial charge >= 0.3 is 6.18 Å². The highest BCUT2D eigenvalue weighted by Crippen LogP contribution is 2.32. The summed E-state index contributed by atoms with van der Waals surface area (Å²) in [6.45, 7) is 1.67. The van der Waals surface area contributed by atoms with Crippen LogP contribution < -0.4 is 0 Å². The molecule has 0 bridgehead atoms. The average Bonchev–Trinajstić information content (AvgIpc) is 2.64. The summed E-state index contributed by atoms with van der Waals surface area (Å²) in [5, 5.41) is 13.2. The van der Waals surface area contributed by atoms with Crippen molar-refractivity contribution in [3.8, 4) is 17.0 Å². The highest BCUT2D eigenvalue weighted by atomic mass is 19.4. The molecule has 0 aliphatic heterocycles. The standard InChI is InChI=1S/C12H11F3N2O/c1-7-5-8(3-4-10(7)18)9-6-11(12(13,14)15)17(2)16-9/h3-6,18H,1-2H3. The van der Waals surface area contributed by atoms with Crippen LogP contribution in [0, 0.1) is 6.92 Å². The van der Waals surface area contributed by atoms with Gasteiger partial charge in [0.05, 0.1) is 5.69 Å². The van der Waals surface area contributed by atoms with Crippen LogP contribution in [0.25, 0.3) is 11.3 Å². The van der Waals surface area contributed by atoms with Crippen molar-refractivity contribution in [2.45, 2.75) is 13.1 Å². The van der Waals surface area contributed by atoms with Crippen LogP contribution in [-0.2, 0) is 13.2 Å². The minimum absolute atomic E-state index is 0.103. The first-order valence-electron chi connectivity index (χ1n) is 5.20. The molecule has 0 aliphatic carbocycles. The molecular formula is C12H11F3N2O. The Kier molecular flexibility index (Phi) is 2.80. The predicted octanol–water partition coefficient (Wildman–Crippen LogP) is 3.12. The number of benzene rings is 1. The van der Waals surface area contributed by atoms with E-state index < -0.39 is 11.9 Å². The van der Waals surface area contributed by atoms with Gasteiger partial charge in [0.15, 0.2) is 0 Å². The van der Waals surface area contributed by atoms with Crippen LogP contribution in [0.5, 0.6) is 5.75 Å². The SMILES string of the molecule is Cc1cc(-c2cc(C(F)(F)F)n(C)n2)ccc1O. The smallest absolute Gasteiger partial charge is 0.433 e. The third kappa shape index (κ3) is 2.18. The summed E-state index contributed by atoms with van der Waals surface area (Å²) < 4.78 is 38.7. The Morgan fingerprint density at radius 1 is 1.22 bits per heavy atom. The second-order valence-corrected chi connectivity index (χ2v) is 4.04. The fraction of sp³-hybridized carbons (Fsp3) is 0.250. The van der Waals surface area contributed by atoms with Crippen molar-refractivity contribution >= 4 is 0 Å². The maximum Gasteiger partial charge on any atom is 0.433 e. The fourth-order valence-corrected chi connectivity index (χ4v) is 1.69. The van der Waals surface area contributed by atoms with Crippen LogP contribution in [-0.4, -0.2) is 14.9 Å². The van der Waals surface area contributed by atoms with Gasteiger partial charge in [-0.3, -0.25) is 4.68 Å². The maximum absolute atomic E-state index is 12.6. The van der Waals surface area contributed by atoms with E-state index in [1.165, 1.54) is 19.2 Å². The first-order valence-corrected chi connectivity index (χ1v) is 5.20. The molecule has 0 amide bonds. The lowest BCUT2D eigenvalue weighted by molar-refractivity contribution is -0.143. The van der Waals surface area contributed by atoms with Crippen LogP contribution in [0.4, 0.5) is 13.2 Å². The summed E-state index contributed by atoms with van der Waals surface area (Å²) in [7, 11) is 1.25. The molecule has 0 saturated heterocycles. The van der Waals surface area contributed by atoms with Crippen molar-refractivity contribution in [2.75, 3.05) is 0 Å². The molecule has 6 heteroatoms. The zero-order valence-corrected chi connectivity index (χ0v) is 9.78. The highest BCUT2D eigenvalue weighted by molar-refractivity contribution is 5.62. The van der Waals surface area contributed by atoms with E-state index in [4.69, 9.17) is 0 Å². The van der Waals surface area contributed by atoms with Gasteiger partial charge in [-0.15, -0.1) is 0 Å². The average molecular weight is 256 g/mol. The molecule has 1 N–H and O–H groups in total. The minimum Gasteiger partial charge on any atom is -0.508 e. The number of nitrogens with zero attached hydrogens (tertiary/aromatic N) is 2. The van der Waals surface area contributed by atoms with Crippen LogP contribution in [0.3, 0.4) is 0 Å².